The molecular formula is C20H23N3O2S. The van der Waals surface area contributed by atoms with Crippen LogP contribution >= 0.6 is 0 Å². The number of hydrogen-bond donors (Lipinski definition) is 1. The van der Waals surface area contributed by atoms with Crippen molar-refractivity contribution in [1.29, 1.82) is 0 Å². The first-order valence-corrected chi connectivity index (χ1v) is 10.3. The maximum absolute atomic E-state index is 12.8. The Bertz CT molecular complexity index is 1000. The number of aryl methyl sites for hydroxylation is 1. The molecule has 0 bridgehead atoms. The molecule has 1 fully saturated rings. The third-order valence-corrected chi connectivity index (χ3v) is 6.97. The van der Waals surface area contributed by atoms with Crippen molar-refractivity contribution in [2.24, 2.45) is 0 Å². The summed E-state index contributed by atoms with van der Waals surface area (Å²) in [6.07, 6.45) is 2.06. The number of rotatable bonds is 4. The molecule has 0 saturated carbocycles. The van der Waals surface area contributed by atoms with Gasteiger partial charge in [0.2, 0.25) is 10.0 Å². The molecule has 26 heavy (non-hydrogen) atoms. The van der Waals surface area contributed by atoms with Crippen molar-refractivity contribution in [1.82, 2.24) is 14.2 Å². The van der Waals surface area contributed by atoms with Gasteiger partial charge < -0.3 is 4.98 Å². The summed E-state index contributed by atoms with van der Waals surface area (Å²) >= 11 is 0. The average molecular weight is 369 g/mol. The lowest BCUT2D eigenvalue weighted by Crippen LogP contribution is -2.48. The Morgan fingerprint density at radius 2 is 1.65 bits per heavy atom. The second-order valence-electron chi connectivity index (χ2n) is 6.85. The fourth-order valence-electron chi connectivity index (χ4n) is 3.49. The van der Waals surface area contributed by atoms with Crippen LogP contribution in [0.25, 0.3) is 10.9 Å². The van der Waals surface area contributed by atoms with Gasteiger partial charge in [0.15, 0.2) is 0 Å². The topological polar surface area (TPSA) is 56.4 Å². The van der Waals surface area contributed by atoms with Crippen LogP contribution < -0.4 is 0 Å². The Hall–Kier alpha value is -2.15. The van der Waals surface area contributed by atoms with Crippen molar-refractivity contribution in [2.45, 2.75) is 18.4 Å². The van der Waals surface area contributed by atoms with Gasteiger partial charge in [-0.15, -0.1) is 0 Å². The molecule has 0 radical (unpaired) electrons. The highest BCUT2D eigenvalue weighted by molar-refractivity contribution is 7.89. The number of aromatic amines is 1. The second-order valence-corrected chi connectivity index (χ2v) is 8.79. The van der Waals surface area contributed by atoms with Crippen molar-refractivity contribution >= 4 is 20.9 Å². The predicted molar refractivity (Wildman–Crippen MR) is 104 cm³/mol. The van der Waals surface area contributed by atoms with E-state index in [0.29, 0.717) is 18.0 Å². The molecule has 0 spiro atoms. The zero-order valence-electron chi connectivity index (χ0n) is 14.9. The Labute approximate surface area is 154 Å². The molecule has 5 nitrogen and oxygen atoms in total. The first kappa shape index (κ1) is 17.3. The lowest BCUT2D eigenvalue weighted by atomic mass is 10.1. The van der Waals surface area contributed by atoms with Crippen LogP contribution in [0, 0.1) is 6.92 Å². The number of hydrogen-bond acceptors (Lipinski definition) is 3. The van der Waals surface area contributed by atoms with Gasteiger partial charge in [-0.05, 0) is 30.7 Å². The largest absolute Gasteiger partial charge is 0.361 e. The van der Waals surface area contributed by atoms with Crippen LogP contribution in [0.5, 0.6) is 0 Å². The third-order valence-electron chi connectivity index (χ3n) is 5.06. The van der Waals surface area contributed by atoms with Gasteiger partial charge in [0, 0.05) is 49.8 Å². The average Bonchev–Trinajstić information content (AvgIpc) is 3.06. The van der Waals surface area contributed by atoms with Gasteiger partial charge in [-0.3, -0.25) is 4.90 Å². The van der Waals surface area contributed by atoms with E-state index in [1.165, 1.54) is 10.9 Å². The maximum Gasteiger partial charge on any atom is 0.243 e. The Morgan fingerprint density at radius 1 is 0.962 bits per heavy atom. The molecule has 1 N–H and O–H groups in total. The quantitative estimate of drug-likeness (QED) is 0.769. The van der Waals surface area contributed by atoms with Crippen LogP contribution in [0.2, 0.25) is 0 Å². The minimum Gasteiger partial charge on any atom is -0.361 e. The second kappa shape index (κ2) is 6.87. The minimum absolute atomic E-state index is 0.383. The number of fused-ring (bicyclic) bond motifs is 1. The summed E-state index contributed by atoms with van der Waals surface area (Å²) < 4.78 is 27.2. The first-order chi connectivity index (χ1) is 12.5. The van der Waals surface area contributed by atoms with E-state index in [1.54, 1.807) is 16.4 Å². The van der Waals surface area contributed by atoms with Gasteiger partial charge in [-0.2, -0.15) is 4.31 Å². The van der Waals surface area contributed by atoms with E-state index in [4.69, 9.17) is 0 Å². The number of benzene rings is 2. The van der Waals surface area contributed by atoms with Crippen LogP contribution in [0.3, 0.4) is 0 Å². The molecule has 0 aliphatic carbocycles. The summed E-state index contributed by atoms with van der Waals surface area (Å²) in [5, 5.41) is 1.24. The van der Waals surface area contributed by atoms with Crippen LogP contribution in [0.15, 0.2) is 59.6 Å². The zero-order chi connectivity index (χ0) is 18.1. The fraction of sp³-hybridized carbons (Fsp3) is 0.300. The molecule has 1 aliphatic heterocycles. The van der Waals surface area contributed by atoms with E-state index in [1.807, 2.05) is 31.2 Å². The van der Waals surface area contributed by atoms with E-state index in [2.05, 4.69) is 28.2 Å². The highest BCUT2D eigenvalue weighted by Gasteiger charge is 2.28. The summed E-state index contributed by atoms with van der Waals surface area (Å²) in [5.41, 5.74) is 3.46. The van der Waals surface area contributed by atoms with Gasteiger partial charge >= 0.3 is 0 Å². The van der Waals surface area contributed by atoms with E-state index >= 15 is 0 Å². The summed E-state index contributed by atoms with van der Waals surface area (Å²) in [5.74, 6) is 0. The Kier molecular flexibility index (Phi) is 4.56. The van der Waals surface area contributed by atoms with Crippen molar-refractivity contribution < 1.29 is 8.42 Å². The van der Waals surface area contributed by atoms with Crippen LogP contribution in [-0.2, 0) is 16.6 Å². The normalized spacial score (nSPS) is 17.0. The molecular weight excluding hydrogens is 346 g/mol. The van der Waals surface area contributed by atoms with Gasteiger partial charge in [0.05, 0.1) is 4.90 Å². The number of nitrogens with zero attached hydrogens (tertiary/aromatic N) is 2. The number of para-hydroxylation sites is 1. The molecule has 1 aromatic heterocycles. The summed E-state index contributed by atoms with van der Waals surface area (Å²) in [6.45, 7) is 5.33. The standard InChI is InChI=1S/C20H23N3O2S/c1-16-6-8-18(9-7-16)26(24,25)23-12-10-22(11-13-23)15-17-14-21-20-5-3-2-4-19(17)20/h2-9,14,21H,10-13,15H2,1H3. The molecule has 2 aromatic carbocycles. The lowest BCUT2D eigenvalue weighted by molar-refractivity contribution is 0.182. The van der Waals surface area contributed by atoms with Crippen LogP contribution in [-0.4, -0.2) is 48.8 Å². The van der Waals surface area contributed by atoms with Crippen LogP contribution in [0.1, 0.15) is 11.1 Å². The van der Waals surface area contributed by atoms with Crippen molar-refractivity contribution in [3.8, 4) is 0 Å². The molecule has 0 atom stereocenters. The van der Waals surface area contributed by atoms with Crippen molar-refractivity contribution in [2.75, 3.05) is 26.2 Å². The zero-order valence-corrected chi connectivity index (χ0v) is 15.7. The van der Waals surface area contributed by atoms with E-state index in [9.17, 15) is 8.42 Å². The van der Waals surface area contributed by atoms with E-state index in [-0.39, 0.29) is 0 Å². The summed E-state index contributed by atoms with van der Waals surface area (Å²) in [4.78, 5) is 6.00. The maximum atomic E-state index is 12.8. The first-order valence-electron chi connectivity index (χ1n) is 8.88. The number of aromatic nitrogens is 1. The van der Waals surface area contributed by atoms with Crippen molar-refractivity contribution in [3.63, 3.8) is 0 Å². The van der Waals surface area contributed by atoms with E-state index in [0.717, 1.165) is 30.7 Å². The summed E-state index contributed by atoms with van der Waals surface area (Å²) in [7, 11) is -3.40. The van der Waals surface area contributed by atoms with Gasteiger partial charge in [0.1, 0.15) is 0 Å². The smallest absolute Gasteiger partial charge is 0.243 e. The monoisotopic (exact) mass is 369 g/mol. The van der Waals surface area contributed by atoms with Crippen molar-refractivity contribution in [3.05, 3.63) is 65.9 Å². The SMILES string of the molecule is Cc1ccc(S(=O)(=O)N2CCN(Cc3c[nH]c4ccccc34)CC2)cc1. The molecule has 1 saturated heterocycles. The number of nitrogens with one attached hydrogen (secondary N) is 1. The van der Waals surface area contributed by atoms with Gasteiger partial charge in [0.25, 0.3) is 0 Å². The Morgan fingerprint density at radius 3 is 2.38 bits per heavy atom. The molecule has 3 aromatic rings. The number of piperazine rings is 1. The van der Waals surface area contributed by atoms with Gasteiger partial charge in [-0.25, -0.2) is 8.42 Å². The molecule has 0 unspecified atom stereocenters. The number of H-pyrrole nitrogens is 1. The highest BCUT2D eigenvalue weighted by Crippen LogP contribution is 2.22. The molecule has 1 aliphatic rings. The van der Waals surface area contributed by atoms with Gasteiger partial charge in [-0.1, -0.05) is 35.9 Å². The highest BCUT2D eigenvalue weighted by atomic mass is 32.2. The molecule has 2 heterocycles. The molecule has 6 heteroatoms. The molecule has 136 valence electrons. The Balaban J connectivity index is 1.43. The summed E-state index contributed by atoms with van der Waals surface area (Å²) in [6, 6.07) is 15.4. The minimum atomic E-state index is -3.40. The molecule has 0 amide bonds. The fourth-order valence-corrected chi connectivity index (χ4v) is 4.91. The lowest BCUT2D eigenvalue weighted by Gasteiger charge is -2.33. The molecule has 4 rings (SSSR count). The van der Waals surface area contributed by atoms with E-state index < -0.39 is 10.0 Å². The number of sulfonamides is 1. The third kappa shape index (κ3) is 3.28. The van der Waals surface area contributed by atoms with Crippen LogP contribution in [0.4, 0.5) is 0 Å². The predicted octanol–water partition coefficient (Wildman–Crippen LogP) is 2.98.